The summed E-state index contributed by atoms with van der Waals surface area (Å²) in [5.41, 5.74) is 2.74. The number of aryl methyl sites for hydroxylation is 2. The van der Waals surface area contributed by atoms with Crippen molar-refractivity contribution in [2.75, 3.05) is 7.11 Å². The van der Waals surface area contributed by atoms with Gasteiger partial charge in [-0.25, -0.2) is 0 Å². The van der Waals surface area contributed by atoms with Crippen LogP contribution in [0.25, 0.3) is 0 Å². The lowest BCUT2D eigenvalue weighted by Gasteiger charge is -2.03. The highest BCUT2D eigenvalue weighted by atomic mass is 16.5. The van der Waals surface area contributed by atoms with Gasteiger partial charge in [0.15, 0.2) is 0 Å². The van der Waals surface area contributed by atoms with Crippen molar-refractivity contribution in [1.29, 1.82) is 0 Å². The molecule has 2 aromatic rings. The topological polar surface area (TPSA) is 9.23 Å². The van der Waals surface area contributed by atoms with E-state index >= 15 is 0 Å². The van der Waals surface area contributed by atoms with Crippen LogP contribution in [-0.4, -0.2) is 7.11 Å². The van der Waals surface area contributed by atoms with E-state index in [1.807, 2.05) is 26.0 Å². The fourth-order valence-corrected chi connectivity index (χ4v) is 1.73. The Labute approximate surface area is 110 Å². The lowest BCUT2D eigenvalue weighted by Crippen LogP contribution is -1.91. The van der Waals surface area contributed by atoms with Crippen molar-refractivity contribution >= 4 is 0 Å². The van der Waals surface area contributed by atoms with Crippen molar-refractivity contribution < 1.29 is 4.74 Å². The molecule has 0 spiro atoms. The Kier molecular flexibility index (Phi) is 6.63. The van der Waals surface area contributed by atoms with Crippen molar-refractivity contribution in [2.24, 2.45) is 0 Å². The van der Waals surface area contributed by atoms with Gasteiger partial charge in [-0.05, 0) is 36.1 Å². The minimum Gasteiger partial charge on any atom is -0.497 e. The molecule has 0 radical (unpaired) electrons. The van der Waals surface area contributed by atoms with Crippen LogP contribution in [0.15, 0.2) is 54.6 Å². The maximum absolute atomic E-state index is 5.13. The highest BCUT2D eigenvalue weighted by Gasteiger charge is 1.96. The first-order valence-electron chi connectivity index (χ1n) is 6.55. The normalized spacial score (nSPS) is 9.28. The first-order valence-corrected chi connectivity index (χ1v) is 6.55. The number of benzene rings is 2. The Morgan fingerprint density at radius 1 is 0.722 bits per heavy atom. The van der Waals surface area contributed by atoms with Crippen LogP contribution in [0, 0.1) is 0 Å². The van der Waals surface area contributed by atoms with Gasteiger partial charge < -0.3 is 4.74 Å². The van der Waals surface area contributed by atoms with Crippen LogP contribution in [0.1, 0.15) is 25.0 Å². The standard InChI is InChI=1S/C15H16O.C2H6/c1-16-15-11-9-14(10-12-15)8-7-13-5-3-2-4-6-13;1-2/h2-6,9-12H,7-8H2,1H3;1-2H3. The fraction of sp³-hybridized carbons (Fsp3) is 0.294. The van der Waals surface area contributed by atoms with Crippen LogP contribution in [0.5, 0.6) is 5.75 Å². The van der Waals surface area contributed by atoms with Crippen LogP contribution in [0.3, 0.4) is 0 Å². The van der Waals surface area contributed by atoms with E-state index in [4.69, 9.17) is 4.74 Å². The molecular formula is C17H22O. The molecule has 2 rings (SSSR count). The van der Waals surface area contributed by atoms with Gasteiger partial charge in [-0.2, -0.15) is 0 Å². The summed E-state index contributed by atoms with van der Waals surface area (Å²) >= 11 is 0. The molecule has 0 fully saturated rings. The summed E-state index contributed by atoms with van der Waals surface area (Å²) < 4.78 is 5.13. The number of hydrogen-bond acceptors (Lipinski definition) is 1. The minimum absolute atomic E-state index is 0.920. The van der Waals surface area contributed by atoms with E-state index in [0.29, 0.717) is 0 Å². The van der Waals surface area contributed by atoms with Gasteiger partial charge in [-0.1, -0.05) is 56.3 Å². The number of ether oxygens (including phenoxy) is 1. The van der Waals surface area contributed by atoms with E-state index in [-0.39, 0.29) is 0 Å². The maximum Gasteiger partial charge on any atom is 0.118 e. The first-order chi connectivity index (χ1) is 8.88. The van der Waals surface area contributed by atoms with Gasteiger partial charge in [0.1, 0.15) is 5.75 Å². The predicted molar refractivity (Wildman–Crippen MR) is 78.2 cm³/mol. The van der Waals surface area contributed by atoms with Crippen LogP contribution in [-0.2, 0) is 12.8 Å². The van der Waals surface area contributed by atoms with Crippen LogP contribution in [0.4, 0.5) is 0 Å². The SMILES string of the molecule is CC.COc1ccc(CCc2ccccc2)cc1. The third-order valence-electron chi connectivity index (χ3n) is 2.70. The average Bonchev–Trinajstić information content (AvgIpc) is 2.49. The highest BCUT2D eigenvalue weighted by Crippen LogP contribution is 2.13. The molecule has 96 valence electrons. The van der Waals surface area contributed by atoms with Crippen molar-refractivity contribution in [1.82, 2.24) is 0 Å². The van der Waals surface area contributed by atoms with E-state index in [2.05, 4.69) is 42.5 Å². The Hall–Kier alpha value is -1.76. The first kappa shape index (κ1) is 14.3. The fourth-order valence-electron chi connectivity index (χ4n) is 1.73. The third-order valence-corrected chi connectivity index (χ3v) is 2.70. The summed E-state index contributed by atoms with van der Waals surface area (Å²) in [7, 11) is 1.69. The zero-order valence-electron chi connectivity index (χ0n) is 11.5. The Morgan fingerprint density at radius 2 is 1.22 bits per heavy atom. The van der Waals surface area contributed by atoms with E-state index < -0.39 is 0 Å². The lowest BCUT2D eigenvalue weighted by molar-refractivity contribution is 0.414. The Morgan fingerprint density at radius 3 is 1.72 bits per heavy atom. The van der Waals surface area contributed by atoms with Gasteiger partial charge >= 0.3 is 0 Å². The van der Waals surface area contributed by atoms with Crippen molar-refractivity contribution in [3.8, 4) is 5.75 Å². The third kappa shape index (κ3) is 4.62. The molecule has 0 bridgehead atoms. The molecular weight excluding hydrogens is 220 g/mol. The smallest absolute Gasteiger partial charge is 0.118 e. The molecule has 0 unspecified atom stereocenters. The van der Waals surface area contributed by atoms with Crippen molar-refractivity contribution in [3.05, 3.63) is 65.7 Å². The second-order valence-electron chi connectivity index (χ2n) is 3.83. The summed E-state index contributed by atoms with van der Waals surface area (Å²) in [5, 5.41) is 0. The zero-order valence-corrected chi connectivity index (χ0v) is 11.5. The molecule has 18 heavy (non-hydrogen) atoms. The molecule has 0 saturated carbocycles. The molecule has 0 N–H and O–H groups in total. The summed E-state index contributed by atoms with van der Waals surface area (Å²) in [4.78, 5) is 0. The van der Waals surface area contributed by atoms with Crippen LogP contribution >= 0.6 is 0 Å². The maximum atomic E-state index is 5.13. The van der Waals surface area contributed by atoms with Gasteiger partial charge in [-0.15, -0.1) is 0 Å². The van der Waals surface area contributed by atoms with Gasteiger partial charge in [-0.3, -0.25) is 0 Å². The zero-order chi connectivity index (χ0) is 13.2. The Bertz CT molecular complexity index is 417. The summed E-state index contributed by atoms with van der Waals surface area (Å²) in [6.45, 7) is 4.00. The van der Waals surface area contributed by atoms with Crippen molar-refractivity contribution in [2.45, 2.75) is 26.7 Å². The lowest BCUT2D eigenvalue weighted by atomic mass is 10.0. The Balaban J connectivity index is 0.000000771. The summed E-state index contributed by atoms with van der Waals surface area (Å²) in [5.74, 6) is 0.920. The molecule has 0 amide bonds. The number of hydrogen-bond donors (Lipinski definition) is 0. The predicted octanol–water partition coefficient (Wildman–Crippen LogP) is 4.51. The quantitative estimate of drug-likeness (QED) is 0.766. The summed E-state index contributed by atoms with van der Waals surface area (Å²) in [6.07, 6.45) is 2.17. The molecule has 0 saturated heterocycles. The average molecular weight is 242 g/mol. The molecule has 0 aliphatic heterocycles. The monoisotopic (exact) mass is 242 g/mol. The van der Waals surface area contributed by atoms with Crippen molar-refractivity contribution in [3.63, 3.8) is 0 Å². The molecule has 0 aliphatic rings. The van der Waals surface area contributed by atoms with E-state index in [0.717, 1.165) is 18.6 Å². The molecule has 0 heterocycles. The minimum atomic E-state index is 0.920. The molecule has 1 nitrogen and oxygen atoms in total. The summed E-state index contributed by atoms with van der Waals surface area (Å²) in [6, 6.07) is 18.8. The largest absolute Gasteiger partial charge is 0.497 e. The molecule has 0 aromatic heterocycles. The van der Waals surface area contributed by atoms with Gasteiger partial charge in [0.25, 0.3) is 0 Å². The van der Waals surface area contributed by atoms with Crippen LogP contribution in [0.2, 0.25) is 0 Å². The van der Waals surface area contributed by atoms with E-state index in [1.165, 1.54) is 11.1 Å². The highest BCUT2D eigenvalue weighted by molar-refractivity contribution is 5.28. The van der Waals surface area contributed by atoms with Gasteiger partial charge in [0.2, 0.25) is 0 Å². The van der Waals surface area contributed by atoms with Gasteiger partial charge in [0, 0.05) is 0 Å². The number of methoxy groups -OCH3 is 1. The second kappa shape index (κ2) is 8.35. The molecule has 1 heteroatoms. The van der Waals surface area contributed by atoms with Gasteiger partial charge in [0.05, 0.1) is 7.11 Å². The number of rotatable bonds is 4. The van der Waals surface area contributed by atoms with E-state index in [1.54, 1.807) is 7.11 Å². The molecule has 0 atom stereocenters. The molecule has 2 aromatic carbocycles. The second-order valence-corrected chi connectivity index (χ2v) is 3.83. The molecule has 0 aliphatic carbocycles. The van der Waals surface area contributed by atoms with E-state index in [9.17, 15) is 0 Å². The van der Waals surface area contributed by atoms with Crippen LogP contribution < -0.4 is 4.74 Å².